The van der Waals surface area contributed by atoms with E-state index in [-0.39, 0.29) is 18.3 Å². The maximum atomic E-state index is 12.8. The quantitative estimate of drug-likeness (QED) is 0.375. The van der Waals surface area contributed by atoms with E-state index in [4.69, 9.17) is 4.74 Å². The van der Waals surface area contributed by atoms with E-state index in [2.05, 4.69) is 32.7 Å². The van der Waals surface area contributed by atoms with Gasteiger partial charge in [0.25, 0.3) is 0 Å². The third kappa shape index (κ3) is 4.15. The van der Waals surface area contributed by atoms with Gasteiger partial charge in [0.1, 0.15) is 11.6 Å². The Balaban J connectivity index is 1.38. The molecule has 32 heavy (non-hydrogen) atoms. The normalized spacial score (nSPS) is 13.3. The summed E-state index contributed by atoms with van der Waals surface area (Å²) < 4.78 is 8.00. The summed E-state index contributed by atoms with van der Waals surface area (Å²) in [5.74, 6) is 2.00. The number of aryl methyl sites for hydroxylation is 1. The summed E-state index contributed by atoms with van der Waals surface area (Å²) in [6, 6.07) is 15.8. The van der Waals surface area contributed by atoms with Crippen LogP contribution in [0.4, 0.5) is 0 Å². The van der Waals surface area contributed by atoms with E-state index in [1.54, 1.807) is 0 Å². The van der Waals surface area contributed by atoms with Crippen LogP contribution in [-0.2, 0) is 19.4 Å². The average molecular weight is 426 g/mol. The summed E-state index contributed by atoms with van der Waals surface area (Å²) in [6.45, 7) is 5.00. The molecule has 0 aliphatic carbocycles. The number of carbonyl (C=O) groups is 1. The highest BCUT2D eigenvalue weighted by Gasteiger charge is 2.16. The van der Waals surface area contributed by atoms with Gasteiger partial charge in [0, 0.05) is 41.4 Å². The molecule has 1 aliphatic heterocycles. The molecule has 5 nitrogen and oxygen atoms in total. The Morgan fingerprint density at radius 1 is 1.00 bits per heavy atom. The Kier molecular flexibility index (Phi) is 5.48. The third-order valence-electron chi connectivity index (χ3n) is 5.93. The molecule has 2 aromatic heterocycles. The van der Waals surface area contributed by atoms with E-state index < -0.39 is 0 Å². The van der Waals surface area contributed by atoms with E-state index in [1.807, 2.05) is 56.6 Å². The van der Waals surface area contributed by atoms with Gasteiger partial charge in [-0.2, -0.15) is 0 Å². The second-order valence-corrected chi connectivity index (χ2v) is 8.70. The minimum Gasteiger partial charge on any atom is -0.491 e. The zero-order valence-electron chi connectivity index (χ0n) is 18.5. The van der Waals surface area contributed by atoms with Crippen LogP contribution in [0.25, 0.3) is 22.0 Å². The number of nitrogens with zero attached hydrogens (tertiary/aromatic N) is 3. The number of aromatic nitrogens is 3. The zero-order valence-corrected chi connectivity index (χ0v) is 18.5. The number of benzene rings is 2. The molecule has 5 rings (SSSR count). The number of fused-ring (bicyclic) bond motifs is 2. The highest BCUT2D eigenvalue weighted by Crippen LogP contribution is 2.28. The molecule has 0 unspecified atom stereocenters. The summed E-state index contributed by atoms with van der Waals surface area (Å²) in [7, 11) is 0. The first-order chi connectivity index (χ1) is 15.6. The molecule has 0 radical (unpaired) electrons. The zero-order chi connectivity index (χ0) is 22.1. The highest BCUT2D eigenvalue weighted by atomic mass is 16.5. The standard InChI is InChI=1S/C27H27N3O2/c1-18(2)32-24-10-8-19(9-11-24)26(31)15-23-14-22-13-20(6-7-21(22)16-28-23)25-17-29-27-5-3-4-12-30(25)27/h6-11,13-14,16-18H,3-5,12,15H2,1-2H3. The number of hydrogen-bond acceptors (Lipinski definition) is 4. The summed E-state index contributed by atoms with van der Waals surface area (Å²) >= 11 is 0. The Hall–Kier alpha value is -3.47. The molecule has 0 bridgehead atoms. The maximum Gasteiger partial charge on any atom is 0.168 e. The lowest BCUT2D eigenvalue weighted by molar-refractivity contribution is 0.0992. The lowest BCUT2D eigenvalue weighted by atomic mass is 10.0. The van der Waals surface area contributed by atoms with Crippen molar-refractivity contribution in [1.82, 2.24) is 14.5 Å². The minimum absolute atomic E-state index is 0.0500. The molecule has 0 fully saturated rings. The van der Waals surface area contributed by atoms with Crippen LogP contribution in [0.15, 0.2) is 60.9 Å². The van der Waals surface area contributed by atoms with Crippen LogP contribution in [0.3, 0.4) is 0 Å². The second-order valence-electron chi connectivity index (χ2n) is 8.70. The first-order valence-electron chi connectivity index (χ1n) is 11.3. The van der Waals surface area contributed by atoms with Crippen molar-refractivity contribution < 1.29 is 9.53 Å². The van der Waals surface area contributed by atoms with Crippen LogP contribution in [0.5, 0.6) is 5.75 Å². The molecule has 0 amide bonds. The maximum absolute atomic E-state index is 12.8. The van der Waals surface area contributed by atoms with Crippen molar-refractivity contribution in [2.45, 2.75) is 52.2 Å². The van der Waals surface area contributed by atoms with E-state index in [0.29, 0.717) is 5.56 Å². The number of hydrogen-bond donors (Lipinski definition) is 0. The van der Waals surface area contributed by atoms with Gasteiger partial charge >= 0.3 is 0 Å². The first kappa shape index (κ1) is 20.4. The van der Waals surface area contributed by atoms with Gasteiger partial charge in [-0.25, -0.2) is 4.98 Å². The second kappa shape index (κ2) is 8.58. The molecule has 2 aromatic carbocycles. The molecule has 1 aliphatic rings. The monoisotopic (exact) mass is 425 g/mol. The van der Waals surface area contributed by atoms with Crippen molar-refractivity contribution in [2.24, 2.45) is 0 Å². The SMILES string of the molecule is CC(C)Oc1ccc(C(=O)Cc2cc3cc(-c4cnc5n4CCCC5)ccc3cn2)cc1. The van der Waals surface area contributed by atoms with Crippen LogP contribution in [0.2, 0.25) is 0 Å². The molecule has 162 valence electrons. The highest BCUT2D eigenvalue weighted by molar-refractivity contribution is 5.98. The van der Waals surface area contributed by atoms with Crippen molar-refractivity contribution in [1.29, 1.82) is 0 Å². The van der Waals surface area contributed by atoms with Crippen molar-refractivity contribution in [3.63, 3.8) is 0 Å². The van der Waals surface area contributed by atoms with Gasteiger partial charge in [-0.3, -0.25) is 9.78 Å². The van der Waals surface area contributed by atoms with Gasteiger partial charge in [0.05, 0.1) is 24.4 Å². The third-order valence-corrected chi connectivity index (χ3v) is 5.93. The molecule has 0 spiro atoms. The van der Waals surface area contributed by atoms with Crippen molar-refractivity contribution >= 4 is 16.6 Å². The smallest absolute Gasteiger partial charge is 0.168 e. The van der Waals surface area contributed by atoms with Gasteiger partial charge < -0.3 is 9.30 Å². The number of Topliss-reactive ketones (excluding diaryl/α,β-unsaturated/α-hetero) is 1. The topological polar surface area (TPSA) is 57.0 Å². The van der Waals surface area contributed by atoms with Crippen molar-refractivity contribution in [3.8, 4) is 17.0 Å². The molecular formula is C27H27N3O2. The van der Waals surface area contributed by atoms with Crippen molar-refractivity contribution in [3.05, 3.63) is 78.0 Å². The van der Waals surface area contributed by atoms with E-state index in [9.17, 15) is 4.79 Å². The van der Waals surface area contributed by atoms with E-state index in [0.717, 1.165) is 40.7 Å². The Morgan fingerprint density at radius 3 is 2.66 bits per heavy atom. The lowest BCUT2D eigenvalue weighted by Crippen LogP contribution is -2.11. The summed E-state index contributed by atoms with van der Waals surface area (Å²) in [5, 5.41) is 2.16. The summed E-state index contributed by atoms with van der Waals surface area (Å²) in [5.41, 5.74) is 3.77. The molecule has 3 heterocycles. The molecule has 0 saturated heterocycles. The summed E-state index contributed by atoms with van der Waals surface area (Å²) in [4.78, 5) is 22.0. The Bertz CT molecular complexity index is 1270. The molecule has 5 heteroatoms. The Labute approximate surface area is 188 Å². The van der Waals surface area contributed by atoms with Gasteiger partial charge in [0.15, 0.2) is 5.78 Å². The van der Waals surface area contributed by atoms with Gasteiger partial charge in [-0.15, -0.1) is 0 Å². The van der Waals surface area contributed by atoms with Crippen molar-refractivity contribution in [2.75, 3.05) is 0 Å². The molecule has 4 aromatic rings. The number of rotatable bonds is 6. The number of ketones is 1. The van der Waals surface area contributed by atoms with Crippen LogP contribution in [0, 0.1) is 0 Å². The average Bonchev–Trinajstić information content (AvgIpc) is 3.23. The number of pyridine rings is 1. The molecular weight excluding hydrogens is 398 g/mol. The van der Waals surface area contributed by atoms with Crippen LogP contribution < -0.4 is 4.74 Å². The lowest BCUT2D eigenvalue weighted by Gasteiger charge is -2.16. The van der Waals surface area contributed by atoms with E-state index >= 15 is 0 Å². The predicted molar refractivity (Wildman–Crippen MR) is 126 cm³/mol. The first-order valence-corrected chi connectivity index (χ1v) is 11.3. The molecule has 0 atom stereocenters. The minimum atomic E-state index is 0.0500. The van der Waals surface area contributed by atoms with E-state index in [1.165, 1.54) is 24.4 Å². The fourth-order valence-corrected chi connectivity index (χ4v) is 4.35. The molecule has 0 saturated carbocycles. The number of imidazole rings is 1. The van der Waals surface area contributed by atoms with Crippen LogP contribution in [0.1, 0.15) is 48.6 Å². The van der Waals surface area contributed by atoms with Gasteiger partial charge in [0.2, 0.25) is 0 Å². The van der Waals surface area contributed by atoms with Gasteiger partial charge in [-0.05, 0) is 68.5 Å². The largest absolute Gasteiger partial charge is 0.491 e. The number of carbonyl (C=O) groups excluding carboxylic acids is 1. The summed E-state index contributed by atoms with van der Waals surface area (Å²) in [6.07, 6.45) is 7.68. The predicted octanol–water partition coefficient (Wildman–Crippen LogP) is 5.65. The van der Waals surface area contributed by atoms with Gasteiger partial charge in [-0.1, -0.05) is 12.1 Å². The fourth-order valence-electron chi connectivity index (χ4n) is 4.35. The van der Waals surface area contributed by atoms with Crippen LogP contribution >= 0.6 is 0 Å². The fraction of sp³-hybridized carbons (Fsp3) is 0.296. The molecule has 0 N–H and O–H groups in total. The Morgan fingerprint density at radius 2 is 1.84 bits per heavy atom. The number of ether oxygens (including phenoxy) is 1. The van der Waals surface area contributed by atoms with Crippen LogP contribution in [-0.4, -0.2) is 26.4 Å².